The van der Waals surface area contributed by atoms with Crippen LogP contribution >= 0.6 is 0 Å². The van der Waals surface area contributed by atoms with Gasteiger partial charge in [0.2, 0.25) is 0 Å². The van der Waals surface area contributed by atoms with E-state index >= 15 is 0 Å². The molecule has 1 N–H and O–H groups in total. The van der Waals surface area contributed by atoms with Gasteiger partial charge in [-0.25, -0.2) is 0 Å². The Kier molecular flexibility index (Phi) is 4.03. The fourth-order valence-electron chi connectivity index (χ4n) is 2.36. The van der Waals surface area contributed by atoms with Crippen molar-refractivity contribution < 1.29 is 14.3 Å². The Morgan fingerprint density at radius 2 is 1.95 bits per heavy atom. The number of benzene rings is 1. The van der Waals surface area contributed by atoms with Crippen LogP contribution in [0.25, 0.3) is 11.1 Å². The van der Waals surface area contributed by atoms with Crippen LogP contribution in [-0.2, 0) is 0 Å². The van der Waals surface area contributed by atoms with Gasteiger partial charge in [-0.2, -0.15) is 0 Å². The van der Waals surface area contributed by atoms with Crippen LogP contribution in [0.1, 0.15) is 40.4 Å². The van der Waals surface area contributed by atoms with Crippen molar-refractivity contribution in [3.05, 3.63) is 41.2 Å². The molecule has 0 saturated heterocycles. The smallest absolute Gasteiger partial charge is 0.166 e. The number of ether oxygens (including phenoxy) is 1. The maximum absolute atomic E-state index is 11.8. The SMILES string of the molecule is CCOc1ccc(-c2c(C=O)[nH]c(C)c2C(C)=O)cc1. The first kappa shape index (κ1) is 14.1. The number of rotatable bonds is 5. The van der Waals surface area contributed by atoms with Crippen molar-refractivity contribution in [1.82, 2.24) is 4.98 Å². The van der Waals surface area contributed by atoms with E-state index in [2.05, 4.69) is 4.98 Å². The van der Waals surface area contributed by atoms with Gasteiger partial charge in [-0.15, -0.1) is 0 Å². The molecule has 0 amide bonds. The molecule has 1 aromatic carbocycles. The number of aromatic nitrogens is 1. The maximum Gasteiger partial charge on any atom is 0.166 e. The number of aromatic amines is 1. The molecule has 1 aromatic heterocycles. The average molecular weight is 271 g/mol. The first-order valence-electron chi connectivity index (χ1n) is 6.50. The van der Waals surface area contributed by atoms with E-state index in [0.29, 0.717) is 29.1 Å². The lowest BCUT2D eigenvalue weighted by Gasteiger charge is -2.06. The molecular formula is C16H17NO3. The number of nitrogens with one attached hydrogen (secondary N) is 1. The summed E-state index contributed by atoms with van der Waals surface area (Å²) in [7, 11) is 0. The van der Waals surface area contributed by atoms with Gasteiger partial charge in [0.25, 0.3) is 0 Å². The molecule has 4 nitrogen and oxygen atoms in total. The lowest BCUT2D eigenvalue weighted by Crippen LogP contribution is -1.96. The molecule has 1 heterocycles. The Balaban J connectivity index is 2.55. The second-order valence-corrected chi connectivity index (χ2v) is 4.55. The van der Waals surface area contributed by atoms with E-state index in [1.165, 1.54) is 6.92 Å². The van der Waals surface area contributed by atoms with Crippen molar-refractivity contribution in [3.8, 4) is 16.9 Å². The first-order valence-corrected chi connectivity index (χ1v) is 6.50. The molecule has 20 heavy (non-hydrogen) atoms. The van der Waals surface area contributed by atoms with Crippen LogP contribution in [-0.4, -0.2) is 23.7 Å². The van der Waals surface area contributed by atoms with E-state index in [4.69, 9.17) is 4.74 Å². The summed E-state index contributed by atoms with van der Waals surface area (Å²) < 4.78 is 5.39. The molecule has 2 aromatic rings. The summed E-state index contributed by atoms with van der Waals surface area (Å²) in [6.07, 6.45) is 0.741. The number of carbonyl (C=O) groups is 2. The zero-order chi connectivity index (χ0) is 14.7. The molecule has 0 fully saturated rings. The summed E-state index contributed by atoms with van der Waals surface area (Å²) >= 11 is 0. The Labute approximate surface area is 117 Å². The second-order valence-electron chi connectivity index (χ2n) is 4.55. The Bertz CT molecular complexity index is 638. The van der Waals surface area contributed by atoms with Gasteiger partial charge >= 0.3 is 0 Å². The number of H-pyrrole nitrogens is 1. The van der Waals surface area contributed by atoms with E-state index in [9.17, 15) is 9.59 Å². The predicted molar refractivity (Wildman–Crippen MR) is 77.5 cm³/mol. The number of aldehydes is 1. The summed E-state index contributed by atoms with van der Waals surface area (Å²) in [4.78, 5) is 26.0. The number of ketones is 1. The monoisotopic (exact) mass is 271 g/mol. The molecule has 2 rings (SSSR count). The highest BCUT2D eigenvalue weighted by molar-refractivity contribution is 6.06. The minimum Gasteiger partial charge on any atom is -0.494 e. The van der Waals surface area contributed by atoms with Crippen molar-refractivity contribution in [2.75, 3.05) is 6.61 Å². The fraction of sp³-hybridized carbons (Fsp3) is 0.250. The summed E-state index contributed by atoms with van der Waals surface area (Å²) in [5, 5.41) is 0. The van der Waals surface area contributed by atoms with Crippen molar-refractivity contribution in [2.24, 2.45) is 0 Å². The van der Waals surface area contributed by atoms with Crippen LogP contribution in [0, 0.1) is 6.92 Å². The molecule has 0 bridgehead atoms. The summed E-state index contributed by atoms with van der Waals surface area (Å²) in [6.45, 7) is 5.81. The topological polar surface area (TPSA) is 59.2 Å². The Hall–Kier alpha value is -2.36. The normalized spacial score (nSPS) is 10.3. The standard InChI is InChI=1S/C16H17NO3/c1-4-20-13-7-5-12(6-8-13)16-14(9-18)17-10(2)15(16)11(3)19/h5-9,17H,4H2,1-3H3. The minimum absolute atomic E-state index is 0.0595. The third-order valence-corrected chi connectivity index (χ3v) is 3.14. The largest absolute Gasteiger partial charge is 0.494 e. The molecule has 0 aliphatic rings. The van der Waals surface area contributed by atoms with E-state index in [0.717, 1.165) is 17.6 Å². The van der Waals surface area contributed by atoms with Crippen molar-refractivity contribution in [3.63, 3.8) is 0 Å². The number of carbonyl (C=O) groups excluding carboxylic acids is 2. The zero-order valence-electron chi connectivity index (χ0n) is 11.8. The van der Waals surface area contributed by atoms with Gasteiger partial charge in [-0.3, -0.25) is 9.59 Å². The third-order valence-electron chi connectivity index (χ3n) is 3.14. The first-order chi connectivity index (χ1) is 9.58. The number of aryl methyl sites for hydroxylation is 1. The third kappa shape index (κ3) is 2.50. The average Bonchev–Trinajstić information content (AvgIpc) is 2.77. The molecule has 0 spiro atoms. The minimum atomic E-state index is -0.0595. The molecule has 0 radical (unpaired) electrons. The molecule has 0 aliphatic heterocycles. The lowest BCUT2D eigenvalue weighted by atomic mass is 9.98. The molecule has 0 aliphatic carbocycles. The van der Waals surface area contributed by atoms with E-state index in [-0.39, 0.29) is 5.78 Å². The predicted octanol–water partition coefficient (Wildman–Crippen LogP) is 3.40. The highest BCUT2D eigenvalue weighted by atomic mass is 16.5. The van der Waals surface area contributed by atoms with E-state index < -0.39 is 0 Å². The van der Waals surface area contributed by atoms with Crippen LogP contribution in [0.5, 0.6) is 5.75 Å². The number of Topliss-reactive ketones (excluding diaryl/α,β-unsaturated/α-hetero) is 1. The molecule has 0 atom stereocenters. The summed E-state index contributed by atoms with van der Waals surface area (Å²) in [6, 6.07) is 7.37. The van der Waals surface area contributed by atoms with Gasteiger partial charge in [-0.1, -0.05) is 12.1 Å². The Morgan fingerprint density at radius 3 is 2.45 bits per heavy atom. The molecule has 104 valence electrons. The van der Waals surface area contributed by atoms with E-state index in [1.807, 2.05) is 31.2 Å². The summed E-state index contributed by atoms with van der Waals surface area (Å²) in [5.74, 6) is 0.705. The highest BCUT2D eigenvalue weighted by Gasteiger charge is 2.19. The molecule has 0 saturated carbocycles. The van der Waals surface area contributed by atoms with E-state index in [1.54, 1.807) is 6.92 Å². The quantitative estimate of drug-likeness (QED) is 0.669. The van der Waals surface area contributed by atoms with Crippen LogP contribution in [0.3, 0.4) is 0 Å². The van der Waals surface area contributed by atoms with Crippen LogP contribution < -0.4 is 4.74 Å². The maximum atomic E-state index is 11.8. The van der Waals surface area contributed by atoms with Gasteiger partial charge in [-0.05, 0) is 38.5 Å². The van der Waals surface area contributed by atoms with Crippen molar-refractivity contribution in [1.29, 1.82) is 0 Å². The molecule has 4 heteroatoms. The van der Waals surface area contributed by atoms with Gasteiger partial charge in [0.05, 0.1) is 12.3 Å². The number of hydrogen-bond acceptors (Lipinski definition) is 3. The van der Waals surface area contributed by atoms with Gasteiger partial charge < -0.3 is 9.72 Å². The van der Waals surface area contributed by atoms with Crippen LogP contribution in [0.4, 0.5) is 0 Å². The number of hydrogen-bond donors (Lipinski definition) is 1. The second kappa shape index (κ2) is 5.74. The Morgan fingerprint density at radius 1 is 1.30 bits per heavy atom. The zero-order valence-corrected chi connectivity index (χ0v) is 11.8. The van der Waals surface area contributed by atoms with Crippen molar-refractivity contribution in [2.45, 2.75) is 20.8 Å². The highest BCUT2D eigenvalue weighted by Crippen LogP contribution is 2.31. The van der Waals surface area contributed by atoms with Crippen LogP contribution in [0.2, 0.25) is 0 Å². The summed E-state index contributed by atoms with van der Waals surface area (Å²) in [5.41, 5.74) is 3.19. The van der Waals surface area contributed by atoms with Gasteiger partial charge in [0.1, 0.15) is 5.75 Å². The van der Waals surface area contributed by atoms with Crippen molar-refractivity contribution >= 4 is 12.1 Å². The lowest BCUT2D eigenvalue weighted by molar-refractivity contribution is 0.101. The fourth-order valence-corrected chi connectivity index (χ4v) is 2.36. The molecular weight excluding hydrogens is 254 g/mol. The van der Waals surface area contributed by atoms with Gasteiger partial charge in [0.15, 0.2) is 12.1 Å². The van der Waals surface area contributed by atoms with Gasteiger partial charge in [0, 0.05) is 16.8 Å². The molecule has 0 unspecified atom stereocenters. The van der Waals surface area contributed by atoms with Crippen LogP contribution in [0.15, 0.2) is 24.3 Å².